The zero-order valence-corrected chi connectivity index (χ0v) is 12.2. The second kappa shape index (κ2) is 5.99. The molecule has 0 aliphatic rings. The Morgan fingerprint density at radius 1 is 1.18 bits per heavy atom. The van der Waals surface area contributed by atoms with Crippen LogP contribution in [0.25, 0.3) is 10.9 Å². The molecule has 6 heteroatoms. The number of benzene rings is 2. The van der Waals surface area contributed by atoms with Gasteiger partial charge in [-0.05, 0) is 11.6 Å². The van der Waals surface area contributed by atoms with Gasteiger partial charge >= 0.3 is 0 Å². The Balaban J connectivity index is 1.98. The predicted molar refractivity (Wildman–Crippen MR) is 84.2 cm³/mol. The summed E-state index contributed by atoms with van der Waals surface area (Å²) in [5.41, 5.74) is 1.36. The molecule has 2 aromatic carbocycles. The van der Waals surface area contributed by atoms with E-state index in [1.165, 1.54) is 12.1 Å². The summed E-state index contributed by atoms with van der Waals surface area (Å²) in [7, 11) is 0. The van der Waals surface area contributed by atoms with E-state index in [4.69, 9.17) is 16.3 Å². The normalized spacial score (nSPS) is 10.6. The summed E-state index contributed by atoms with van der Waals surface area (Å²) in [5.74, 6) is 0.550. The van der Waals surface area contributed by atoms with Gasteiger partial charge in [0.15, 0.2) is 0 Å². The van der Waals surface area contributed by atoms with Crippen molar-refractivity contribution in [1.29, 1.82) is 0 Å². The van der Waals surface area contributed by atoms with Crippen LogP contribution in [0.3, 0.4) is 0 Å². The standard InChI is InChI=1S/C16H11ClN2O3/c17-13-8-12(19(20)21)9-14-16(13)15(6-7-18-14)22-10-11-4-2-1-3-5-11/h1-9H,10H2. The molecule has 0 saturated carbocycles. The maximum Gasteiger partial charge on any atom is 0.273 e. The Kier molecular flexibility index (Phi) is 3.89. The Hall–Kier alpha value is -2.66. The van der Waals surface area contributed by atoms with E-state index in [-0.39, 0.29) is 10.7 Å². The summed E-state index contributed by atoms with van der Waals surface area (Å²) in [6.07, 6.45) is 1.54. The van der Waals surface area contributed by atoms with E-state index in [0.29, 0.717) is 23.3 Å². The van der Waals surface area contributed by atoms with Gasteiger partial charge in [0, 0.05) is 18.3 Å². The highest BCUT2D eigenvalue weighted by molar-refractivity contribution is 6.36. The van der Waals surface area contributed by atoms with Crippen molar-refractivity contribution in [2.45, 2.75) is 6.61 Å². The average Bonchev–Trinajstić information content (AvgIpc) is 2.53. The first kappa shape index (κ1) is 14.3. The van der Waals surface area contributed by atoms with Gasteiger partial charge in [-0.3, -0.25) is 15.1 Å². The molecule has 3 aromatic rings. The number of hydrogen-bond donors (Lipinski definition) is 0. The monoisotopic (exact) mass is 314 g/mol. The van der Waals surface area contributed by atoms with E-state index >= 15 is 0 Å². The fourth-order valence-corrected chi connectivity index (χ4v) is 2.46. The van der Waals surface area contributed by atoms with Crippen molar-refractivity contribution in [3.8, 4) is 5.75 Å². The third-order valence-corrected chi connectivity index (χ3v) is 3.49. The van der Waals surface area contributed by atoms with Crippen molar-refractivity contribution in [1.82, 2.24) is 4.98 Å². The molecule has 3 rings (SSSR count). The highest BCUT2D eigenvalue weighted by Gasteiger charge is 2.14. The lowest BCUT2D eigenvalue weighted by Crippen LogP contribution is -1.97. The molecule has 1 aromatic heterocycles. The van der Waals surface area contributed by atoms with Crippen molar-refractivity contribution >= 4 is 28.2 Å². The van der Waals surface area contributed by atoms with Gasteiger partial charge in [0.1, 0.15) is 12.4 Å². The highest BCUT2D eigenvalue weighted by atomic mass is 35.5. The lowest BCUT2D eigenvalue weighted by Gasteiger charge is -2.10. The minimum absolute atomic E-state index is 0.0924. The Bertz CT molecular complexity index is 837. The maximum absolute atomic E-state index is 10.9. The quantitative estimate of drug-likeness (QED) is 0.529. The Morgan fingerprint density at radius 2 is 1.95 bits per heavy atom. The van der Waals surface area contributed by atoms with E-state index in [1.54, 1.807) is 12.3 Å². The van der Waals surface area contributed by atoms with E-state index in [1.807, 2.05) is 30.3 Å². The minimum atomic E-state index is -0.496. The largest absolute Gasteiger partial charge is 0.488 e. The van der Waals surface area contributed by atoms with Gasteiger partial charge in [-0.15, -0.1) is 0 Å². The number of nitrogens with zero attached hydrogens (tertiary/aromatic N) is 2. The summed E-state index contributed by atoms with van der Waals surface area (Å²) in [5, 5.41) is 11.7. The summed E-state index contributed by atoms with van der Waals surface area (Å²) in [6, 6.07) is 14.1. The molecule has 110 valence electrons. The zero-order chi connectivity index (χ0) is 15.5. The molecule has 5 nitrogen and oxygen atoms in total. The number of halogens is 1. The smallest absolute Gasteiger partial charge is 0.273 e. The molecule has 1 heterocycles. The lowest BCUT2D eigenvalue weighted by molar-refractivity contribution is -0.384. The molecule has 0 aliphatic carbocycles. The molecule has 0 N–H and O–H groups in total. The molecule has 0 aliphatic heterocycles. The van der Waals surface area contributed by atoms with Crippen LogP contribution in [-0.4, -0.2) is 9.91 Å². The molecule has 0 saturated heterocycles. The summed E-state index contributed by atoms with van der Waals surface area (Å²) in [6.45, 7) is 0.382. The number of aromatic nitrogens is 1. The van der Waals surface area contributed by atoms with Crippen LogP contribution in [0, 0.1) is 10.1 Å². The number of rotatable bonds is 4. The van der Waals surface area contributed by atoms with Crippen LogP contribution >= 0.6 is 11.6 Å². The van der Waals surface area contributed by atoms with E-state index in [0.717, 1.165) is 5.56 Å². The summed E-state index contributed by atoms with van der Waals surface area (Å²) < 4.78 is 5.79. The molecular weight excluding hydrogens is 304 g/mol. The van der Waals surface area contributed by atoms with Crippen LogP contribution in [0.5, 0.6) is 5.75 Å². The van der Waals surface area contributed by atoms with E-state index < -0.39 is 4.92 Å². The van der Waals surface area contributed by atoms with E-state index in [9.17, 15) is 10.1 Å². The number of fused-ring (bicyclic) bond motifs is 1. The molecule has 0 fully saturated rings. The number of non-ortho nitro benzene ring substituents is 1. The first-order valence-electron chi connectivity index (χ1n) is 6.54. The number of nitro groups is 1. The third kappa shape index (κ3) is 2.84. The highest BCUT2D eigenvalue weighted by Crippen LogP contribution is 2.34. The van der Waals surface area contributed by atoms with Gasteiger partial charge in [0.05, 0.1) is 20.8 Å². The van der Waals surface area contributed by atoms with Crippen LogP contribution in [0.15, 0.2) is 54.7 Å². The fourth-order valence-electron chi connectivity index (χ4n) is 2.15. The van der Waals surface area contributed by atoms with Crippen molar-refractivity contribution in [3.63, 3.8) is 0 Å². The minimum Gasteiger partial charge on any atom is -0.488 e. The Morgan fingerprint density at radius 3 is 2.68 bits per heavy atom. The topological polar surface area (TPSA) is 65.3 Å². The number of hydrogen-bond acceptors (Lipinski definition) is 4. The molecular formula is C16H11ClN2O3. The van der Waals surface area contributed by atoms with Crippen LogP contribution < -0.4 is 4.74 Å². The van der Waals surface area contributed by atoms with E-state index in [2.05, 4.69) is 4.98 Å². The SMILES string of the molecule is O=[N+]([O-])c1cc(Cl)c2c(OCc3ccccc3)ccnc2c1. The predicted octanol–water partition coefficient (Wildman–Crippen LogP) is 4.38. The first-order chi connectivity index (χ1) is 10.6. The molecule has 0 bridgehead atoms. The molecule has 22 heavy (non-hydrogen) atoms. The van der Waals surface area contributed by atoms with Crippen LogP contribution in [0.2, 0.25) is 5.02 Å². The summed E-state index contributed by atoms with van der Waals surface area (Å²) in [4.78, 5) is 14.5. The van der Waals surface area contributed by atoms with Gasteiger partial charge < -0.3 is 4.74 Å². The van der Waals surface area contributed by atoms with Crippen LogP contribution in [0.4, 0.5) is 5.69 Å². The molecule has 0 amide bonds. The van der Waals surface area contributed by atoms with Crippen molar-refractivity contribution in [2.24, 2.45) is 0 Å². The number of pyridine rings is 1. The summed E-state index contributed by atoms with van der Waals surface area (Å²) >= 11 is 6.17. The first-order valence-corrected chi connectivity index (χ1v) is 6.92. The molecule has 0 unspecified atom stereocenters. The van der Waals surface area contributed by atoms with Gasteiger partial charge in [-0.1, -0.05) is 41.9 Å². The van der Waals surface area contributed by atoms with Gasteiger partial charge in [-0.25, -0.2) is 0 Å². The zero-order valence-electron chi connectivity index (χ0n) is 11.4. The third-order valence-electron chi connectivity index (χ3n) is 3.19. The fraction of sp³-hybridized carbons (Fsp3) is 0.0625. The van der Waals surface area contributed by atoms with Crippen molar-refractivity contribution in [3.05, 3.63) is 75.4 Å². The van der Waals surface area contributed by atoms with Gasteiger partial charge in [0.2, 0.25) is 0 Å². The van der Waals surface area contributed by atoms with Gasteiger partial charge in [0.25, 0.3) is 5.69 Å². The van der Waals surface area contributed by atoms with Crippen molar-refractivity contribution in [2.75, 3.05) is 0 Å². The molecule has 0 atom stereocenters. The second-order valence-electron chi connectivity index (χ2n) is 4.66. The number of ether oxygens (including phenoxy) is 1. The van der Waals surface area contributed by atoms with Crippen molar-refractivity contribution < 1.29 is 9.66 Å². The molecule has 0 radical (unpaired) electrons. The van der Waals surface area contributed by atoms with Crippen LogP contribution in [0.1, 0.15) is 5.56 Å². The van der Waals surface area contributed by atoms with Gasteiger partial charge in [-0.2, -0.15) is 0 Å². The Labute approximate surface area is 131 Å². The average molecular weight is 315 g/mol. The maximum atomic E-state index is 10.9. The molecule has 0 spiro atoms. The lowest BCUT2D eigenvalue weighted by atomic mass is 10.2. The number of nitro benzene ring substituents is 1. The second-order valence-corrected chi connectivity index (χ2v) is 5.07. The van der Waals surface area contributed by atoms with Crippen LogP contribution in [-0.2, 0) is 6.61 Å².